The number of esters is 3. The summed E-state index contributed by atoms with van der Waals surface area (Å²) in [7, 11) is 0. The van der Waals surface area contributed by atoms with Crippen molar-refractivity contribution in [1.82, 2.24) is 0 Å². The van der Waals surface area contributed by atoms with Crippen LogP contribution in [0.15, 0.2) is 146 Å². The standard InChI is InChI=1S/C55H82O6/c1-4-7-10-13-16-19-22-25-26-27-28-31-33-36-39-42-45-48-54(57)60-51-52(61-55(58)49-46-43-40-37-34-30-24-21-18-15-12-9-6-3)50-59-53(56)47-44-41-38-35-32-29-23-20-17-14-11-8-5-2/h7,9-10,12-13,15-16,18-19,21-22,24-34,37,40,52H,4-6,8,11,14,17,20,23,35-36,38-39,41-51H2,1-3H3/b10-7-,12-9-,16-13-,18-15-,22-19-,24-21-,26-25-,28-27+,32-29-,33-31-,34-30-,40-37-. The van der Waals surface area contributed by atoms with E-state index < -0.39 is 12.1 Å². The minimum absolute atomic E-state index is 0.136. The Morgan fingerprint density at radius 1 is 0.344 bits per heavy atom. The molecule has 0 amide bonds. The van der Waals surface area contributed by atoms with Crippen molar-refractivity contribution in [3.8, 4) is 0 Å². The average Bonchev–Trinajstić information content (AvgIpc) is 3.26. The molecule has 0 radical (unpaired) electrons. The summed E-state index contributed by atoms with van der Waals surface area (Å²) in [5.74, 6) is -1.09. The minimum Gasteiger partial charge on any atom is -0.462 e. The van der Waals surface area contributed by atoms with Crippen molar-refractivity contribution >= 4 is 17.9 Å². The van der Waals surface area contributed by atoms with E-state index in [9.17, 15) is 14.4 Å². The molecule has 1 unspecified atom stereocenters. The number of allylic oxidation sites excluding steroid dienone is 24. The van der Waals surface area contributed by atoms with Crippen LogP contribution in [0.1, 0.15) is 162 Å². The van der Waals surface area contributed by atoms with Crippen molar-refractivity contribution in [3.05, 3.63) is 146 Å². The molecule has 0 aromatic rings. The van der Waals surface area contributed by atoms with E-state index >= 15 is 0 Å². The van der Waals surface area contributed by atoms with Crippen LogP contribution in [0, 0.1) is 0 Å². The van der Waals surface area contributed by atoms with E-state index in [1.807, 2.05) is 115 Å². The smallest absolute Gasteiger partial charge is 0.306 e. The van der Waals surface area contributed by atoms with E-state index in [2.05, 4.69) is 51.2 Å². The maximum Gasteiger partial charge on any atom is 0.306 e. The molecule has 338 valence electrons. The van der Waals surface area contributed by atoms with Crippen molar-refractivity contribution in [3.63, 3.8) is 0 Å². The summed E-state index contributed by atoms with van der Waals surface area (Å²) in [6.07, 6.45) is 68.3. The highest BCUT2D eigenvalue weighted by Crippen LogP contribution is 2.11. The number of ether oxygens (including phenoxy) is 3. The van der Waals surface area contributed by atoms with Gasteiger partial charge in [0.15, 0.2) is 6.10 Å². The number of unbranched alkanes of at least 4 members (excludes halogenated alkanes) is 13. The normalized spacial score (nSPS) is 13.4. The van der Waals surface area contributed by atoms with Crippen molar-refractivity contribution in [2.75, 3.05) is 13.2 Å². The number of carbonyl (C=O) groups is 3. The second-order valence-electron chi connectivity index (χ2n) is 14.8. The number of hydrogen-bond acceptors (Lipinski definition) is 6. The van der Waals surface area contributed by atoms with E-state index in [-0.39, 0.29) is 38.0 Å². The highest BCUT2D eigenvalue weighted by Gasteiger charge is 2.19. The van der Waals surface area contributed by atoms with Gasteiger partial charge >= 0.3 is 17.9 Å². The van der Waals surface area contributed by atoms with Crippen LogP contribution >= 0.6 is 0 Å². The fourth-order valence-electron chi connectivity index (χ4n) is 5.61. The Morgan fingerprint density at radius 2 is 0.672 bits per heavy atom. The van der Waals surface area contributed by atoms with Gasteiger partial charge in [-0.2, -0.15) is 0 Å². The highest BCUT2D eigenvalue weighted by atomic mass is 16.6. The van der Waals surface area contributed by atoms with Crippen molar-refractivity contribution in [2.24, 2.45) is 0 Å². The lowest BCUT2D eigenvalue weighted by atomic mass is 10.1. The van der Waals surface area contributed by atoms with Crippen molar-refractivity contribution in [2.45, 2.75) is 168 Å². The molecule has 0 aliphatic rings. The molecular formula is C55H82O6. The zero-order chi connectivity index (χ0) is 44.4. The predicted molar refractivity (Wildman–Crippen MR) is 260 cm³/mol. The Morgan fingerprint density at radius 3 is 1.10 bits per heavy atom. The first-order valence-electron chi connectivity index (χ1n) is 23.5. The molecule has 0 heterocycles. The van der Waals surface area contributed by atoms with Gasteiger partial charge in [-0.3, -0.25) is 14.4 Å². The zero-order valence-corrected chi connectivity index (χ0v) is 38.4. The quantitative estimate of drug-likeness (QED) is 0.0202. The van der Waals surface area contributed by atoms with Gasteiger partial charge in [0.05, 0.1) is 0 Å². The third kappa shape index (κ3) is 46.2. The summed E-state index contributed by atoms with van der Waals surface area (Å²) in [6, 6.07) is 0. The fraction of sp³-hybridized carbons (Fsp3) is 0.509. The molecule has 0 spiro atoms. The number of carbonyl (C=O) groups excluding carboxylic acids is 3. The van der Waals surface area contributed by atoms with Crippen LogP contribution in [-0.2, 0) is 28.6 Å². The molecule has 0 aromatic carbocycles. The molecule has 0 aliphatic carbocycles. The summed E-state index contributed by atoms with van der Waals surface area (Å²) in [4.78, 5) is 37.8. The number of rotatable bonds is 39. The minimum atomic E-state index is -0.845. The van der Waals surface area contributed by atoms with E-state index in [1.165, 1.54) is 38.5 Å². The zero-order valence-electron chi connectivity index (χ0n) is 38.4. The molecule has 0 rings (SSSR count). The van der Waals surface area contributed by atoms with Crippen LogP contribution in [0.4, 0.5) is 0 Å². The Hall–Kier alpha value is -4.71. The SMILES string of the molecule is CC\C=C/C=C\C=C/C=C\C=C/CCCC(=O)OC(COC(=O)CCCCC\C=C/C=C/C=C\C=C/C=C\C=C/CC)COC(=O)CCCCC/C=C\CCCCCCCC. The van der Waals surface area contributed by atoms with E-state index in [0.717, 1.165) is 64.2 Å². The Kier molecular flexibility index (Phi) is 44.3. The van der Waals surface area contributed by atoms with Crippen molar-refractivity contribution < 1.29 is 28.6 Å². The maximum absolute atomic E-state index is 12.7. The lowest BCUT2D eigenvalue weighted by Crippen LogP contribution is -2.30. The average molecular weight is 839 g/mol. The molecule has 6 nitrogen and oxygen atoms in total. The van der Waals surface area contributed by atoms with Crippen LogP contribution in [0.5, 0.6) is 0 Å². The summed E-state index contributed by atoms with van der Waals surface area (Å²) in [5.41, 5.74) is 0. The van der Waals surface area contributed by atoms with Gasteiger partial charge in [-0.1, -0.05) is 212 Å². The van der Waals surface area contributed by atoms with Crippen LogP contribution in [0.3, 0.4) is 0 Å². The van der Waals surface area contributed by atoms with E-state index in [1.54, 1.807) is 0 Å². The molecule has 0 N–H and O–H groups in total. The first-order valence-corrected chi connectivity index (χ1v) is 23.5. The van der Waals surface area contributed by atoms with Crippen molar-refractivity contribution in [1.29, 1.82) is 0 Å². The summed E-state index contributed by atoms with van der Waals surface area (Å²) < 4.78 is 16.6. The topological polar surface area (TPSA) is 78.9 Å². The van der Waals surface area contributed by atoms with Crippen LogP contribution in [0.2, 0.25) is 0 Å². The third-order valence-electron chi connectivity index (χ3n) is 9.10. The summed E-state index contributed by atoms with van der Waals surface area (Å²) >= 11 is 0. The van der Waals surface area contributed by atoms with Gasteiger partial charge in [0.25, 0.3) is 0 Å². The molecule has 1 atom stereocenters. The molecule has 0 aromatic heterocycles. The molecule has 6 heteroatoms. The monoisotopic (exact) mass is 839 g/mol. The third-order valence-corrected chi connectivity index (χ3v) is 9.10. The van der Waals surface area contributed by atoms with Crippen LogP contribution < -0.4 is 0 Å². The van der Waals surface area contributed by atoms with Gasteiger partial charge in [0, 0.05) is 19.3 Å². The molecule has 0 bridgehead atoms. The Labute approximate surface area is 372 Å². The molecular weight excluding hydrogens is 757 g/mol. The van der Waals surface area contributed by atoms with Gasteiger partial charge in [0.1, 0.15) is 13.2 Å². The summed E-state index contributed by atoms with van der Waals surface area (Å²) in [6.45, 7) is 6.18. The first kappa shape index (κ1) is 56.3. The molecule has 0 fully saturated rings. The second kappa shape index (κ2) is 48.0. The Bertz CT molecular complexity index is 1430. The first-order chi connectivity index (χ1) is 30.0. The second-order valence-corrected chi connectivity index (χ2v) is 14.8. The molecule has 0 aliphatic heterocycles. The maximum atomic E-state index is 12.7. The Balaban J connectivity index is 4.64. The largest absolute Gasteiger partial charge is 0.462 e. The summed E-state index contributed by atoms with van der Waals surface area (Å²) in [5, 5.41) is 0. The van der Waals surface area contributed by atoms with Crippen LogP contribution in [0.25, 0.3) is 0 Å². The van der Waals surface area contributed by atoms with Gasteiger partial charge < -0.3 is 14.2 Å². The molecule has 0 saturated heterocycles. The lowest BCUT2D eigenvalue weighted by molar-refractivity contribution is -0.167. The van der Waals surface area contributed by atoms with Gasteiger partial charge in [-0.25, -0.2) is 0 Å². The highest BCUT2D eigenvalue weighted by molar-refractivity contribution is 5.71. The van der Waals surface area contributed by atoms with Gasteiger partial charge in [-0.05, 0) is 77.0 Å². The number of hydrogen-bond donors (Lipinski definition) is 0. The lowest BCUT2D eigenvalue weighted by Gasteiger charge is -2.18. The van der Waals surface area contributed by atoms with Gasteiger partial charge in [0.2, 0.25) is 0 Å². The van der Waals surface area contributed by atoms with E-state index in [4.69, 9.17) is 14.2 Å². The predicted octanol–water partition coefficient (Wildman–Crippen LogP) is 15.3. The molecule has 61 heavy (non-hydrogen) atoms. The van der Waals surface area contributed by atoms with E-state index in [0.29, 0.717) is 25.7 Å². The van der Waals surface area contributed by atoms with Crippen LogP contribution in [-0.4, -0.2) is 37.2 Å². The van der Waals surface area contributed by atoms with Gasteiger partial charge in [-0.15, -0.1) is 0 Å². The molecule has 0 saturated carbocycles. The fourth-order valence-corrected chi connectivity index (χ4v) is 5.61.